The Bertz CT molecular complexity index is 261. The minimum absolute atomic E-state index is 0.257. The van der Waals surface area contributed by atoms with E-state index >= 15 is 0 Å². The van der Waals surface area contributed by atoms with E-state index in [1.54, 1.807) is 6.07 Å². The number of rotatable bonds is 3. The van der Waals surface area contributed by atoms with Crippen molar-refractivity contribution in [3.8, 4) is 5.75 Å². The second-order valence-electron chi connectivity index (χ2n) is 2.42. The van der Waals surface area contributed by atoms with Gasteiger partial charge in [0.05, 0.1) is 11.1 Å². The lowest BCUT2D eigenvalue weighted by Gasteiger charge is -2.02. The van der Waals surface area contributed by atoms with Crippen molar-refractivity contribution in [1.82, 2.24) is 0 Å². The first-order chi connectivity index (χ1) is 5.74. The lowest BCUT2D eigenvalue weighted by atomic mass is 10.2. The van der Waals surface area contributed by atoms with E-state index in [9.17, 15) is 5.11 Å². The Kier molecular flexibility index (Phi) is 3.56. The topological polar surface area (TPSA) is 29.5 Å². The van der Waals surface area contributed by atoms with Crippen molar-refractivity contribution < 1.29 is 9.84 Å². The van der Waals surface area contributed by atoms with E-state index in [1.807, 2.05) is 19.1 Å². The highest BCUT2D eigenvalue weighted by Crippen LogP contribution is 2.24. The van der Waals surface area contributed by atoms with Crippen LogP contribution in [0.2, 0.25) is 0 Å². The van der Waals surface area contributed by atoms with Gasteiger partial charge in [-0.3, -0.25) is 0 Å². The summed E-state index contributed by atoms with van der Waals surface area (Å²) in [5.41, 5.74) is 0.984. The maximum Gasteiger partial charge on any atom is 0.130 e. The summed E-state index contributed by atoms with van der Waals surface area (Å²) in [6.45, 7) is 3.19. The monoisotopic (exact) mass is 230 g/mol. The first-order valence-corrected chi connectivity index (χ1v) is 4.58. The zero-order valence-corrected chi connectivity index (χ0v) is 8.47. The van der Waals surface area contributed by atoms with Crippen LogP contribution in [-0.4, -0.2) is 11.7 Å². The maximum absolute atomic E-state index is 9.30. The van der Waals surface area contributed by atoms with Gasteiger partial charge in [0.25, 0.3) is 0 Å². The van der Waals surface area contributed by atoms with Gasteiger partial charge in [-0.15, -0.1) is 0 Å². The zero-order valence-electron chi connectivity index (χ0n) is 6.88. The lowest BCUT2D eigenvalue weighted by molar-refractivity contribution is 0.134. The van der Waals surface area contributed by atoms with E-state index in [0.717, 1.165) is 5.56 Å². The van der Waals surface area contributed by atoms with E-state index in [0.29, 0.717) is 17.7 Å². The smallest absolute Gasteiger partial charge is 0.130 e. The highest BCUT2D eigenvalue weighted by atomic mass is 79.9. The molecule has 1 N–H and O–H groups in total. The number of hydrogen-bond donors (Lipinski definition) is 1. The molecule has 0 amide bonds. The largest absolute Gasteiger partial charge is 0.507 e. The van der Waals surface area contributed by atoms with Crippen LogP contribution < -0.4 is 0 Å². The molecule has 2 nitrogen and oxygen atoms in total. The summed E-state index contributed by atoms with van der Waals surface area (Å²) in [6.07, 6.45) is 0. The molecule has 0 aliphatic rings. The second-order valence-corrected chi connectivity index (χ2v) is 3.28. The Morgan fingerprint density at radius 1 is 1.50 bits per heavy atom. The fraction of sp³-hybridized carbons (Fsp3) is 0.333. The van der Waals surface area contributed by atoms with Crippen LogP contribution in [0.1, 0.15) is 12.5 Å². The molecule has 0 heterocycles. The van der Waals surface area contributed by atoms with Gasteiger partial charge >= 0.3 is 0 Å². The van der Waals surface area contributed by atoms with Gasteiger partial charge in [-0.2, -0.15) is 0 Å². The van der Waals surface area contributed by atoms with Crippen molar-refractivity contribution in [2.45, 2.75) is 13.5 Å². The molecule has 0 spiro atoms. The van der Waals surface area contributed by atoms with Crippen molar-refractivity contribution >= 4 is 15.9 Å². The molecule has 1 rings (SSSR count). The summed E-state index contributed by atoms with van der Waals surface area (Å²) in [4.78, 5) is 0. The molecular weight excluding hydrogens is 220 g/mol. The molecule has 0 radical (unpaired) electrons. The number of halogens is 1. The van der Waals surface area contributed by atoms with Crippen LogP contribution in [0.5, 0.6) is 5.75 Å². The summed E-state index contributed by atoms with van der Waals surface area (Å²) in [5, 5.41) is 9.30. The number of benzene rings is 1. The fourth-order valence-electron chi connectivity index (χ4n) is 0.868. The molecule has 0 bridgehead atoms. The minimum Gasteiger partial charge on any atom is -0.507 e. The van der Waals surface area contributed by atoms with E-state index in [2.05, 4.69) is 15.9 Å². The summed E-state index contributed by atoms with van der Waals surface area (Å²) < 4.78 is 5.90. The standard InChI is InChI=1S/C9H11BrO2/c1-2-12-6-7-3-4-8(10)9(11)5-7/h3-5,11H,2,6H2,1H3. The van der Waals surface area contributed by atoms with Gasteiger partial charge in [-0.05, 0) is 40.5 Å². The molecule has 0 saturated carbocycles. The van der Waals surface area contributed by atoms with Gasteiger partial charge in [-0.1, -0.05) is 6.07 Å². The Morgan fingerprint density at radius 2 is 2.25 bits per heavy atom. The fourth-order valence-corrected chi connectivity index (χ4v) is 1.11. The lowest BCUT2D eigenvalue weighted by Crippen LogP contribution is -1.91. The summed E-state index contributed by atoms with van der Waals surface area (Å²) >= 11 is 3.21. The SMILES string of the molecule is CCOCc1ccc(Br)c(O)c1. The number of ether oxygens (including phenoxy) is 1. The van der Waals surface area contributed by atoms with Gasteiger partial charge in [0, 0.05) is 6.61 Å². The van der Waals surface area contributed by atoms with Gasteiger partial charge in [0.1, 0.15) is 5.75 Å². The van der Waals surface area contributed by atoms with Gasteiger partial charge < -0.3 is 9.84 Å². The molecule has 0 fully saturated rings. The van der Waals surface area contributed by atoms with Crippen LogP contribution in [0.4, 0.5) is 0 Å². The van der Waals surface area contributed by atoms with Crippen LogP contribution >= 0.6 is 15.9 Å². The van der Waals surface area contributed by atoms with Crippen molar-refractivity contribution in [2.75, 3.05) is 6.61 Å². The van der Waals surface area contributed by atoms with E-state index < -0.39 is 0 Å². The molecule has 0 atom stereocenters. The summed E-state index contributed by atoms with van der Waals surface area (Å²) in [5.74, 6) is 0.257. The molecule has 0 unspecified atom stereocenters. The zero-order chi connectivity index (χ0) is 8.97. The molecule has 0 saturated heterocycles. The Morgan fingerprint density at radius 3 is 2.83 bits per heavy atom. The van der Waals surface area contributed by atoms with Crippen molar-refractivity contribution in [2.24, 2.45) is 0 Å². The number of phenols is 1. The van der Waals surface area contributed by atoms with Crippen molar-refractivity contribution in [3.63, 3.8) is 0 Å². The highest BCUT2D eigenvalue weighted by Gasteiger charge is 1.98. The van der Waals surface area contributed by atoms with E-state index in [-0.39, 0.29) is 5.75 Å². The highest BCUT2D eigenvalue weighted by molar-refractivity contribution is 9.10. The first-order valence-electron chi connectivity index (χ1n) is 3.79. The second kappa shape index (κ2) is 4.48. The molecule has 66 valence electrons. The third-order valence-electron chi connectivity index (χ3n) is 1.48. The quantitative estimate of drug-likeness (QED) is 0.866. The number of hydrogen-bond acceptors (Lipinski definition) is 2. The third kappa shape index (κ3) is 2.50. The minimum atomic E-state index is 0.257. The molecule has 1 aromatic carbocycles. The van der Waals surface area contributed by atoms with Crippen LogP contribution in [0.25, 0.3) is 0 Å². The predicted molar refractivity (Wildman–Crippen MR) is 51.1 cm³/mol. The first kappa shape index (κ1) is 9.55. The Labute approximate surface area is 80.3 Å². The molecule has 12 heavy (non-hydrogen) atoms. The molecule has 0 aliphatic carbocycles. The van der Waals surface area contributed by atoms with E-state index in [4.69, 9.17) is 4.74 Å². The van der Waals surface area contributed by atoms with Crippen LogP contribution in [0.15, 0.2) is 22.7 Å². The van der Waals surface area contributed by atoms with Crippen LogP contribution in [-0.2, 0) is 11.3 Å². The molecule has 0 aromatic heterocycles. The summed E-state index contributed by atoms with van der Waals surface area (Å²) in [6, 6.07) is 5.42. The summed E-state index contributed by atoms with van der Waals surface area (Å²) in [7, 11) is 0. The van der Waals surface area contributed by atoms with Gasteiger partial charge in [-0.25, -0.2) is 0 Å². The third-order valence-corrected chi connectivity index (χ3v) is 2.15. The predicted octanol–water partition coefficient (Wildman–Crippen LogP) is 2.69. The van der Waals surface area contributed by atoms with Gasteiger partial charge in [0.2, 0.25) is 0 Å². The maximum atomic E-state index is 9.30. The number of phenolic OH excluding ortho intramolecular Hbond substituents is 1. The van der Waals surface area contributed by atoms with Gasteiger partial charge in [0.15, 0.2) is 0 Å². The average molecular weight is 231 g/mol. The van der Waals surface area contributed by atoms with Crippen LogP contribution in [0.3, 0.4) is 0 Å². The number of aromatic hydroxyl groups is 1. The molecule has 0 aliphatic heterocycles. The van der Waals surface area contributed by atoms with Crippen LogP contribution in [0, 0.1) is 0 Å². The Hall–Kier alpha value is -0.540. The van der Waals surface area contributed by atoms with E-state index in [1.165, 1.54) is 0 Å². The average Bonchev–Trinajstić information content (AvgIpc) is 2.07. The molecular formula is C9H11BrO2. The van der Waals surface area contributed by atoms with Crippen molar-refractivity contribution in [3.05, 3.63) is 28.2 Å². The normalized spacial score (nSPS) is 10.2. The van der Waals surface area contributed by atoms with Crippen molar-refractivity contribution in [1.29, 1.82) is 0 Å². The molecule has 3 heteroatoms. The Balaban J connectivity index is 2.69. The molecule has 1 aromatic rings.